The molecule has 0 unspecified atom stereocenters. The molecule has 1 aromatic rings. The average molecular weight is 310 g/mol. The lowest BCUT2D eigenvalue weighted by atomic mass is 9.81. The van der Waals surface area contributed by atoms with Crippen LogP contribution in [0.1, 0.15) is 44.6 Å². The van der Waals surface area contributed by atoms with E-state index in [2.05, 4.69) is 0 Å². The van der Waals surface area contributed by atoms with Crippen molar-refractivity contribution in [1.29, 1.82) is 0 Å². The molecule has 0 aliphatic heterocycles. The van der Waals surface area contributed by atoms with Gasteiger partial charge in [0.25, 0.3) is 0 Å². The molecule has 21 heavy (non-hydrogen) atoms. The van der Waals surface area contributed by atoms with E-state index in [-0.39, 0.29) is 0 Å². The van der Waals surface area contributed by atoms with E-state index in [1.54, 1.807) is 16.4 Å². The van der Waals surface area contributed by atoms with Gasteiger partial charge in [-0.25, -0.2) is 8.42 Å². The predicted molar refractivity (Wildman–Crippen MR) is 85.6 cm³/mol. The second-order valence-corrected chi connectivity index (χ2v) is 7.76. The number of aryl methyl sites for hydroxylation is 1. The van der Waals surface area contributed by atoms with Crippen LogP contribution in [0.25, 0.3) is 0 Å². The molecule has 0 heterocycles. The van der Waals surface area contributed by atoms with Crippen molar-refractivity contribution in [1.82, 2.24) is 4.31 Å². The first kappa shape index (κ1) is 16.5. The summed E-state index contributed by atoms with van der Waals surface area (Å²) in [6, 6.07) is 7.19. The predicted octanol–water partition coefficient (Wildman–Crippen LogP) is 2.67. The van der Waals surface area contributed by atoms with Crippen LogP contribution in [0.4, 0.5) is 0 Å². The minimum atomic E-state index is -3.50. The molecule has 1 saturated carbocycles. The maximum atomic E-state index is 13.1. The van der Waals surface area contributed by atoms with E-state index in [4.69, 9.17) is 5.73 Å². The van der Waals surface area contributed by atoms with E-state index in [1.807, 2.05) is 26.0 Å². The molecule has 0 aromatic heterocycles. The normalized spacial score (nSPS) is 18.9. The van der Waals surface area contributed by atoms with Gasteiger partial charge in [0.15, 0.2) is 0 Å². The first-order valence-corrected chi connectivity index (χ1v) is 9.20. The van der Waals surface area contributed by atoms with Crippen molar-refractivity contribution in [3.63, 3.8) is 0 Å². The van der Waals surface area contributed by atoms with Gasteiger partial charge in [-0.3, -0.25) is 0 Å². The highest BCUT2D eigenvalue weighted by Crippen LogP contribution is 2.36. The molecule has 2 N–H and O–H groups in total. The Hall–Kier alpha value is -0.910. The first-order chi connectivity index (χ1) is 9.98. The van der Waals surface area contributed by atoms with Crippen molar-refractivity contribution < 1.29 is 8.42 Å². The highest BCUT2D eigenvalue weighted by molar-refractivity contribution is 7.89. The Bertz CT molecular complexity index is 578. The molecule has 0 atom stereocenters. The fourth-order valence-corrected chi connectivity index (χ4v) is 5.56. The summed E-state index contributed by atoms with van der Waals surface area (Å²) in [7, 11) is -3.50. The topological polar surface area (TPSA) is 63.4 Å². The summed E-state index contributed by atoms with van der Waals surface area (Å²) in [5.74, 6) is 0. The Balaban J connectivity index is 2.47. The summed E-state index contributed by atoms with van der Waals surface area (Å²) in [5, 5.41) is 0. The van der Waals surface area contributed by atoms with E-state index in [0.717, 1.165) is 31.2 Å². The quantitative estimate of drug-likeness (QED) is 0.909. The second-order valence-electron chi connectivity index (χ2n) is 5.92. The highest BCUT2D eigenvalue weighted by atomic mass is 32.2. The summed E-state index contributed by atoms with van der Waals surface area (Å²) in [6.07, 6.45) is 5.00. The van der Waals surface area contributed by atoms with Crippen LogP contribution in [0, 0.1) is 6.92 Å². The Morgan fingerprint density at radius 1 is 1.19 bits per heavy atom. The third-order valence-corrected chi connectivity index (χ3v) is 6.88. The van der Waals surface area contributed by atoms with Gasteiger partial charge < -0.3 is 5.73 Å². The van der Waals surface area contributed by atoms with Gasteiger partial charge >= 0.3 is 0 Å². The van der Waals surface area contributed by atoms with Crippen molar-refractivity contribution in [3.05, 3.63) is 29.8 Å². The zero-order valence-corrected chi connectivity index (χ0v) is 13.8. The lowest BCUT2D eigenvalue weighted by molar-refractivity contribution is 0.141. The molecule has 0 radical (unpaired) electrons. The Morgan fingerprint density at radius 3 is 2.33 bits per heavy atom. The van der Waals surface area contributed by atoms with Gasteiger partial charge in [0.2, 0.25) is 10.0 Å². The van der Waals surface area contributed by atoms with Gasteiger partial charge in [-0.2, -0.15) is 4.31 Å². The molecule has 0 amide bonds. The van der Waals surface area contributed by atoms with E-state index >= 15 is 0 Å². The van der Waals surface area contributed by atoms with E-state index in [0.29, 0.717) is 18.0 Å². The number of sulfonamides is 1. The van der Waals surface area contributed by atoms with Gasteiger partial charge in [0.1, 0.15) is 0 Å². The SMILES string of the molecule is CCN(C1(CN)CCCCC1)S(=O)(=O)c1ccccc1C. The van der Waals surface area contributed by atoms with Crippen molar-refractivity contribution in [2.75, 3.05) is 13.1 Å². The summed E-state index contributed by atoms with van der Waals surface area (Å²) in [6.45, 7) is 4.61. The highest BCUT2D eigenvalue weighted by Gasteiger charge is 2.43. The molecule has 1 aliphatic carbocycles. The van der Waals surface area contributed by atoms with Crippen molar-refractivity contribution in [3.8, 4) is 0 Å². The van der Waals surface area contributed by atoms with Gasteiger partial charge in [-0.15, -0.1) is 0 Å². The lowest BCUT2D eigenvalue weighted by Crippen LogP contribution is -2.57. The van der Waals surface area contributed by atoms with Crippen LogP contribution in [0.2, 0.25) is 0 Å². The number of likely N-dealkylation sites (N-methyl/N-ethyl adjacent to an activating group) is 1. The maximum Gasteiger partial charge on any atom is 0.243 e. The van der Waals surface area contributed by atoms with Gasteiger partial charge in [0.05, 0.1) is 4.90 Å². The molecule has 1 aliphatic rings. The zero-order valence-electron chi connectivity index (χ0n) is 13.0. The number of rotatable bonds is 5. The number of hydrogen-bond donors (Lipinski definition) is 1. The Morgan fingerprint density at radius 2 is 1.81 bits per heavy atom. The van der Waals surface area contributed by atoms with E-state index < -0.39 is 15.6 Å². The number of hydrogen-bond acceptors (Lipinski definition) is 3. The molecule has 0 saturated heterocycles. The average Bonchev–Trinajstić information content (AvgIpc) is 2.49. The standard InChI is InChI=1S/C16H26N2O2S/c1-3-18(16(13-17)11-7-4-8-12-16)21(19,20)15-10-6-5-9-14(15)2/h5-6,9-10H,3-4,7-8,11-13,17H2,1-2H3. The van der Waals surface area contributed by atoms with Crippen molar-refractivity contribution in [2.45, 2.75) is 56.4 Å². The van der Waals surface area contributed by atoms with Crippen LogP contribution in [0.5, 0.6) is 0 Å². The van der Waals surface area contributed by atoms with Crippen LogP contribution in [0.3, 0.4) is 0 Å². The molecule has 1 aromatic carbocycles. The third kappa shape index (κ3) is 3.00. The van der Waals surface area contributed by atoms with Crippen LogP contribution in [0.15, 0.2) is 29.2 Å². The van der Waals surface area contributed by atoms with Gasteiger partial charge in [-0.05, 0) is 31.4 Å². The van der Waals surface area contributed by atoms with Crippen LogP contribution in [-0.2, 0) is 10.0 Å². The summed E-state index contributed by atoms with van der Waals surface area (Å²) in [4.78, 5) is 0.408. The minimum absolute atomic E-state index is 0.395. The molecular formula is C16H26N2O2S. The van der Waals surface area contributed by atoms with Crippen LogP contribution in [-0.4, -0.2) is 31.4 Å². The van der Waals surface area contributed by atoms with E-state index in [9.17, 15) is 8.42 Å². The molecule has 5 heteroatoms. The number of nitrogens with two attached hydrogens (primary N) is 1. The Kier molecular flexibility index (Phi) is 5.07. The zero-order chi connectivity index (χ0) is 15.5. The van der Waals surface area contributed by atoms with E-state index in [1.165, 1.54) is 6.42 Å². The maximum absolute atomic E-state index is 13.1. The van der Waals surface area contributed by atoms with Crippen LogP contribution < -0.4 is 5.73 Å². The van der Waals surface area contributed by atoms with Crippen molar-refractivity contribution in [2.24, 2.45) is 5.73 Å². The summed E-state index contributed by atoms with van der Waals surface area (Å²) < 4.78 is 27.9. The summed E-state index contributed by atoms with van der Waals surface area (Å²) in [5.41, 5.74) is 6.40. The van der Waals surface area contributed by atoms with Crippen LogP contribution >= 0.6 is 0 Å². The van der Waals surface area contributed by atoms with Gasteiger partial charge in [0, 0.05) is 18.6 Å². The molecule has 4 nitrogen and oxygen atoms in total. The lowest BCUT2D eigenvalue weighted by Gasteiger charge is -2.44. The fourth-order valence-electron chi connectivity index (χ4n) is 3.49. The van der Waals surface area contributed by atoms with Gasteiger partial charge in [-0.1, -0.05) is 44.4 Å². The molecule has 0 spiro atoms. The third-order valence-electron chi connectivity index (χ3n) is 4.64. The number of nitrogens with zero attached hydrogens (tertiary/aromatic N) is 1. The smallest absolute Gasteiger partial charge is 0.243 e. The monoisotopic (exact) mass is 310 g/mol. The molecule has 1 fully saturated rings. The molecule has 0 bridgehead atoms. The molecule has 118 valence electrons. The Labute approximate surface area is 128 Å². The molecule has 2 rings (SSSR count). The largest absolute Gasteiger partial charge is 0.329 e. The fraction of sp³-hybridized carbons (Fsp3) is 0.625. The summed E-state index contributed by atoms with van der Waals surface area (Å²) >= 11 is 0. The first-order valence-electron chi connectivity index (χ1n) is 7.76. The second kappa shape index (κ2) is 6.46. The van der Waals surface area contributed by atoms with Crippen molar-refractivity contribution >= 4 is 10.0 Å². The number of benzene rings is 1. The molecular weight excluding hydrogens is 284 g/mol. The minimum Gasteiger partial charge on any atom is -0.329 e.